The molecule has 1 fully saturated rings. The van der Waals surface area contributed by atoms with Crippen molar-refractivity contribution >= 4 is 11.4 Å². The number of halogens is 3. The Bertz CT molecular complexity index is 434. The first-order valence-corrected chi connectivity index (χ1v) is 5.77. The quantitative estimate of drug-likeness (QED) is 0.802. The van der Waals surface area contributed by atoms with Crippen LogP contribution in [0.5, 0.6) is 0 Å². The molecule has 2 rings (SSSR count). The van der Waals surface area contributed by atoms with E-state index in [0.29, 0.717) is 13.0 Å². The van der Waals surface area contributed by atoms with Crippen molar-refractivity contribution in [3.63, 3.8) is 0 Å². The molecule has 1 aliphatic rings. The fourth-order valence-corrected chi connectivity index (χ4v) is 2.37. The van der Waals surface area contributed by atoms with Gasteiger partial charge in [0.15, 0.2) is 0 Å². The van der Waals surface area contributed by atoms with Gasteiger partial charge in [-0.3, -0.25) is 0 Å². The Hall–Kier alpha value is -1.43. The second-order valence-corrected chi connectivity index (χ2v) is 4.45. The maximum atomic E-state index is 13.0. The van der Waals surface area contributed by atoms with Crippen molar-refractivity contribution in [3.05, 3.63) is 23.8 Å². The van der Waals surface area contributed by atoms with Gasteiger partial charge in [-0.1, -0.05) is 0 Å². The molecule has 1 aliphatic heterocycles. The third-order valence-corrected chi connectivity index (χ3v) is 3.22. The van der Waals surface area contributed by atoms with Gasteiger partial charge in [0.25, 0.3) is 0 Å². The number of hydrogen-bond donors (Lipinski definition) is 2. The zero-order valence-electron chi connectivity index (χ0n) is 9.74. The number of nitrogens with zero attached hydrogens (tertiary/aromatic N) is 1. The summed E-state index contributed by atoms with van der Waals surface area (Å²) in [6, 6.07) is 3.54. The largest absolute Gasteiger partial charge is 0.418 e. The summed E-state index contributed by atoms with van der Waals surface area (Å²) in [6.07, 6.45) is -2.95. The third-order valence-electron chi connectivity index (χ3n) is 3.22. The molecule has 0 amide bonds. The van der Waals surface area contributed by atoms with Crippen molar-refractivity contribution in [1.29, 1.82) is 0 Å². The van der Waals surface area contributed by atoms with Crippen LogP contribution in [0.2, 0.25) is 0 Å². The third kappa shape index (κ3) is 2.38. The van der Waals surface area contributed by atoms with E-state index in [1.807, 2.05) is 0 Å². The van der Waals surface area contributed by atoms with E-state index in [-0.39, 0.29) is 24.0 Å². The first-order valence-electron chi connectivity index (χ1n) is 5.77. The molecule has 0 radical (unpaired) electrons. The number of anilines is 2. The van der Waals surface area contributed by atoms with Crippen LogP contribution in [-0.2, 0) is 6.18 Å². The first kappa shape index (κ1) is 13.0. The number of benzene rings is 1. The highest BCUT2D eigenvalue weighted by Crippen LogP contribution is 2.39. The number of aliphatic hydroxyl groups excluding tert-OH is 1. The second kappa shape index (κ2) is 4.68. The normalized spacial score (nSPS) is 20.4. The SMILES string of the molecule is Nc1ccc(N2CCCC2CO)c(C(F)(F)F)c1. The lowest BCUT2D eigenvalue weighted by molar-refractivity contribution is -0.137. The average Bonchev–Trinajstić information content (AvgIpc) is 2.75. The topological polar surface area (TPSA) is 49.5 Å². The molecule has 0 saturated carbocycles. The van der Waals surface area contributed by atoms with E-state index in [1.54, 1.807) is 4.90 Å². The Labute approximate surface area is 103 Å². The van der Waals surface area contributed by atoms with E-state index in [2.05, 4.69) is 0 Å². The van der Waals surface area contributed by atoms with Crippen LogP contribution >= 0.6 is 0 Å². The summed E-state index contributed by atoms with van der Waals surface area (Å²) in [7, 11) is 0. The van der Waals surface area contributed by atoms with Crippen molar-refractivity contribution in [1.82, 2.24) is 0 Å². The molecule has 1 heterocycles. The van der Waals surface area contributed by atoms with Crippen LogP contribution in [0, 0.1) is 0 Å². The number of hydrogen-bond acceptors (Lipinski definition) is 3. The Kier molecular flexibility index (Phi) is 3.38. The van der Waals surface area contributed by atoms with Gasteiger partial charge in [-0.25, -0.2) is 0 Å². The first-order chi connectivity index (χ1) is 8.43. The molecule has 1 saturated heterocycles. The van der Waals surface area contributed by atoms with Crippen molar-refractivity contribution in [2.24, 2.45) is 0 Å². The van der Waals surface area contributed by atoms with Crippen LogP contribution in [0.15, 0.2) is 18.2 Å². The molecule has 0 aromatic heterocycles. The summed E-state index contributed by atoms with van der Waals surface area (Å²) in [5, 5.41) is 9.20. The summed E-state index contributed by atoms with van der Waals surface area (Å²) in [4.78, 5) is 1.61. The zero-order valence-corrected chi connectivity index (χ0v) is 9.74. The minimum atomic E-state index is -4.44. The van der Waals surface area contributed by atoms with Crippen molar-refractivity contribution < 1.29 is 18.3 Å². The van der Waals surface area contributed by atoms with Crippen molar-refractivity contribution in [3.8, 4) is 0 Å². The van der Waals surface area contributed by atoms with Gasteiger partial charge in [-0.2, -0.15) is 13.2 Å². The van der Waals surface area contributed by atoms with E-state index in [4.69, 9.17) is 5.73 Å². The molecule has 6 heteroatoms. The highest BCUT2D eigenvalue weighted by molar-refractivity contribution is 5.61. The Morgan fingerprint density at radius 1 is 1.39 bits per heavy atom. The van der Waals surface area contributed by atoms with Crippen LogP contribution in [0.3, 0.4) is 0 Å². The second-order valence-electron chi connectivity index (χ2n) is 4.45. The molecule has 3 nitrogen and oxygen atoms in total. The highest BCUT2D eigenvalue weighted by atomic mass is 19.4. The van der Waals surface area contributed by atoms with Crippen LogP contribution in [-0.4, -0.2) is 24.3 Å². The van der Waals surface area contributed by atoms with Gasteiger partial charge < -0.3 is 15.7 Å². The summed E-state index contributed by atoms with van der Waals surface area (Å²) in [6.45, 7) is 0.389. The van der Waals surface area contributed by atoms with Crippen molar-refractivity contribution in [2.45, 2.75) is 25.1 Å². The molecular formula is C12H15F3N2O. The number of nitrogen functional groups attached to an aromatic ring is 1. The Morgan fingerprint density at radius 2 is 2.11 bits per heavy atom. The standard InChI is InChI=1S/C12H15F3N2O/c13-12(14,15)10-6-8(16)3-4-11(10)17-5-1-2-9(17)7-18/h3-4,6,9,18H,1-2,5,7,16H2. The smallest absolute Gasteiger partial charge is 0.399 e. The lowest BCUT2D eigenvalue weighted by Crippen LogP contribution is -2.33. The number of alkyl halides is 3. The predicted molar refractivity (Wildman–Crippen MR) is 63.3 cm³/mol. The molecule has 0 bridgehead atoms. The maximum Gasteiger partial charge on any atom is 0.418 e. The molecule has 1 aromatic rings. The molecule has 1 unspecified atom stereocenters. The number of aliphatic hydroxyl groups is 1. The Balaban J connectivity index is 2.44. The summed E-state index contributed by atoms with van der Waals surface area (Å²) in [5.74, 6) is 0. The molecule has 0 spiro atoms. The summed E-state index contributed by atoms with van der Waals surface area (Å²) >= 11 is 0. The van der Waals surface area contributed by atoms with E-state index in [9.17, 15) is 18.3 Å². The fraction of sp³-hybridized carbons (Fsp3) is 0.500. The molecular weight excluding hydrogens is 245 g/mol. The number of rotatable bonds is 2. The van der Waals surface area contributed by atoms with E-state index in [0.717, 1.165) is 12.5 Å². The minimum Gasteiger partial charge on any atom is -0.399 e. The van der Waals surface area contributed by atoms with Crippen LogP contribution in [0.25, 0.3) is 0 Å². The highest BCUT2D eigenvalue weighted by Gasteiger charge is 2.37. The van der Waals surface area contributed by atoms with E-state index < -0.39 is 11.7 Å². The number of nitrogens with two attached hydrogens (primary N) is 1. The van der Waals surface area contributed by atoms with Gasteiger partial charge in [0.2, 0.25) is 0 Å². The van der Waals surface area contributed by atoms with E-state index in [1.165, 1.54) is 12.1 Å². The predicted octanol–water partition coefficient (Wildman–Crippen LogP) is 2.25. The summed E-state index contributed by atoms with van der Waals surface area (Å²) in [5.41, 5.74) is 4.88. The van der Waals surface area contributed by atoms with Gasteiger partial charge in [0, 0.05) is 17.9 Å². The Morgan fingerprint density at radius 3 is 2.72 bits per heavy atom. The van der Waals surface area contributed by atoms with Gasteiger partial charge in [-0.05, 0) is 31.0 Å². The molecule has 18 heavy (non-hydrogen) atoms. The van der Waals surface area contributed by atoms with Gasteiger partial charge in [0.1, 0.15) is 0 Å². The molecule has 0 aliphatic carbocycles. The molecule has 1 aromatic carbocycles. The van der Waals surface area contributed by atoms with Gasteiger partial charge in [0.05, 0.1) is 18.2 Å². The van der Waals surface area contributed by atoms with Crippen LogP contribution in [0.1, 0.15) is 18.4 Å². The molecule has 1 atom stereocenters. The average molecular weight is 260 g/mol. The van der Waals surface area contributed by atoms with Crippen LogP contribution < -0.4 is 10.6 Å². The van der Waals surface area contributed by atoms with Crippen LogP contribution in [0.4, 0.5) is 24.5 Å². The lowest BCUT2D eigenvalue weighted by atomic mass is 10.1. The molecule has 3 N–H and O–H groups in total. The monoisotopic (exact) mass is 260 g/mol. The minimum absolute atomic E-state index is 0.0887. The lowest BCUT2D eigenvalue weighted by Gasteiger charge is -2.28. The molecule has 100 valence electrons. The summed E-state index contributed by atoms with van der Waals surface area (Å²) < 4.78 is 38.9. The van der Waals surface area contributed by atoms with Gasteiger partial charge >= 0.3 is 6.18 Å². The van der Waals surface area contributed by atoms with Gasteiger partial charge in [-0.15, -0.1) is 0 Å². The van der Waals surface area contributed by atoms with Crippen molar-refractivity contribution in [2.75, 3.05) is 23.8 Å². The van der Waals surface area contributed by atoms with E-state index >= 15 is 0 Å². The maximum absolute atomic E-state index is 13.0. The zero-order chi connectivity index (χ0) is 13.3. The fourth-order valence-electron chi connectivity index (χ4n) is 2.37.